The Bertz CT molecular complexity index is 1680. The van der Waals surface area contributed by atoms with Crippen molar-refractivity contribution < 1.29 is 20.1 Å². The first-order valence-corrected chi connectivity index (χ1v) is 19.2. The van der Waals surface area contributed by atoms with Crippen LogP contribution in [0, 0.1) is 6.57 Å². The lowest BCUT2D eigenvalue weighted by molar-refractivity contribution is -0.0891. The topological polar surface area (TPSA) is 88.6 Å². The Morgan fingerprint density at radius 3 is 0.833 bits per heavy atom. The number of hydrogen-bond acceptors (Lipinski definition) is 4. The monoisotopic (exact) mass is 740 g/mol. The van der Waals surface area contributed by atoms with E-state index in [0.717, 1.165) is 38.3 Å². The number of nitrogens with zero attached hydrogens (tertiary/aromatic N) is 3. The Morgan fingerprint density at radius 2 is 0.648 bits per heavy atom. The van der Waals surface area contributed by atoms with Crippen LogP contribution in [0.1, 0.15) is 193 Å². The van der Waals surface area contributed by atoms with Crippen molar-refractivity contribution in [2.75, 3.05) is 0 Å². The van der Waals surface area contributed by atoms with Gasteiger partial charge in [-0.1, -0.05) is 179 Å². The zero-order valence-corrected chi connectivity index (χ0v) is 36.5. The molecule has 0 aromatic heterocycles. The van der Waals surface area contributed by atoms with Crippen molar-refractivity contribution in [2.24, 2.45) is 0 Å². The largest absolute Gasteiger partial charge is 0.393 e. The van der Waals surface area contributed by atoms with E-state index in [0.29, 0.717) is 21.7 Å². The minimum Gasteiger partial charge on any atom is -0.369 e. The molecule has 7 heteroatoms. The number of aliphatic hydroxyl groups is 3. The smallest absolute Gasteiger partial charge is 0.369 e. The molecule has 2 amide bonds. The molecular formula is C47H69N3O4. The molecule has 3 atom stereocenters. The number of hydrogen-bond donors (Lipinski definition) is 3. The van der Waals surface area contributed by atoms with Gasteiger partial charge in [0, 0.05) is 21.7 Å². The molecule has 296 valence electrons. The molecule has 0 radical (unpaired) electrons. The fourth-order valence-corrected chi connectivity index (χ4v) is 6.13. The van der Waals surface area contributed by atoms with Gasteiger partial charge < -0.3 is 15.3 Å². The normalized spacial score (nSPS) is 15.0. The maximum Gasteiger partial charge on any atom is 0.393 e. The molecule has 0 spiro atoms. The fourth-order valence-electron chi connectivity index (χ4n) is 6.13. The molecule has 3 N–H and O–H groups in total. The van der Waals surface area contributed by atoms with Gasteiger partial charge in [0.15, 0.2) is 12.5 Å². The maximum absolute atomic E-state index is 15.0. The number of carbonyl (C=O) groups is 1. The van der Waals surface area contributed by atoms with Crippen LogP contribution >= 0.6 is 0 Å². The van der Waals surface area contributed by atoms with Crippen molar-refractivity contribution >= 4 is 6.03 Å². The highest BCUT2D eigenvalue weighted by Gasteiger charge is 2.42. The average Bonchev–Trinajstić information content (AvgIpc) is 3.01. The predicted molar refractivity (Wildman–Crippen MR) is 222 cm³/mol. The van der Waals surface area contributed by atoms with Crippen molar-refractivity contribution in [3.63, 3.8) is 0 Å². The SMILES string of the molecule is [C-]#[N+]N(C(=O)N(C(O)c1cc(C(C)(C)C)cc(C(C)(C)C)c1)C(O)c1cc(C(C)(C)C)cc(C(C)(C)C)c1)C(O)c1cc(C(C)(C)C)cc(C(C)(C)C)c1. The summed E-state index contributed by atoms with van der Waals surface area (Å²) in [4.78, 5) is 19.5. The summed E-state index contributed by atoms with van der Waals surface area (Å²) in [5.41, 5.74) is 5.09. The van der Waals surface area contributed by atoms with E-state index in [1.54, 1.807) is 0 Å². The lowest BCUT2D eigenvalue weighted by Crippen LogP contribution is -2.46. The molecule has 3 aromatic carbocycles. The minimum absolute atomic E-state index is 0.285. The number of amides is 2. The van der Waals surface area contributed by atoms with Crippen molar-refractivity contribution in [1.82, 2.24) is 9.91 Å². The van der Waals surface area contributed by atoms with Crippen LogP contribution in [0.15, 0.2) is 54.6 Å². The molecule has 54 heavy (non-hydrogen) atoms. The van der Waals surface area contributed by atoms with Crippen LogP contribution < -0.4 is 0 Å². The van der Waals surface area contributed by atoms with Gasteiger partial charge in [0.1, 0.15) is 0 Å². The molecule has 0 aliphatic rings. The van der Waals surface area contributed by atoms with Gasteiger partial charge >= 0.3 is 6.03 Å². The Hall–Kier alpha value is -3.70. The molecule has 0 aliphatic heterocycles. The number of benzene rings is 3. The summed E-state index contributed by atoms with van der Waals surface area (Å²) < 4.78 is 0. The summed E-state index contributed by atoms with van der Waals surface area (Å²) in [6, 6.07) is 16.4. The third-order valence-corrected chi connectivity index (χ3v) is 10.2. The Kier molecular flexibility index (Phi) is 12.5. The van der Waals surface area contributed by atoms with E-state index in [1.807, 2.05) is 36.4 Å². The second-order valence-corrected chi connectivity index (χ2v) is 21.3. The molecule has 0 saturated carbocycles. The summed E-state index contributed by atoms with van der Waals surface area (Å²) in [5.74, 6) is 0. The van der Waals surface area contributed by atoms with E-state index in [2.05, 4.69) is 148 Å². The van der Waals surface area contributed by atoms with E-state index >= 15 is 0 Å². The Labute approximate surface area is 327 Å². The van der Waals surface area contributed by atoms with Gasteiger partial charge in [0.2, 0.25) is 6.23 Å². The average molecular weight is 740 g/mol. The third kappa shape index (κ3) is 10.3. The zero-order valence-electron chi connectivity index (χ0n) is 36.5. The lowest BCUT2D eigenvalue weighted by Gasteiger charge is -2.36. The Morgan fingerprint density at radius 1 is 0.444 bits per heavy atom. The highest BCUT2D eigenvalue weighted by molar-refractivity contribution is 5.76. The summed E-state index contributed by atoms with van der Waals surface area (Å²) in [6.45, 7) is 45.7. The maximum atomic E-state index is 15.0. The highest BCUT2D eigenvalue weighted by atomic mass is 16.3. The molecule has 3 unspecified atom stereocenters. The van der Waals surface area contributed by atoms with E-state index in [9.17, 15) is 20.1 Å². The molecule has 0 bridgehead atoms. The summed E-state index contributed by atoms with van der Waals surface area (Å²) in [5, 5.41) is 37.5. The predicted octanol–water partition coefficient (Wildman–Crippen LogP) is 11.4. The van der Waals surface area contributed by atoms with Crippen LogP contribution in [0.4, 0.5) is 4.79 Å². The number of urea groups is 1. The molecule has 3 aromatic rings. The van der Waals surface area contributed by atoms with Crippen LogP contribution in [0.3, 0.4) is 0 Å². The first-order chi connectivity index (χ1) is 24.2. The van der Waals surface area contributed by atoms with Gasteiger partial charge in [-0.05, 0) is 65.9 Å². The second-order valence-electron chi connectivity index (χ2n) is 21.3. The molecule has 7 nitrogen and oxygen atoms in total. The minimum atomic E-state index is -1.70. The van der Waals surface area contributed by atoms with Crippen LogP contribution in [-0.4, -0.2) is 31.3 Å². The summed E-state index contributed by atoms with van der Waals surface area (Å²) >= 11 is 0. The third-order valence-electron chi connectivity index (χ3n) is 10.2. The molecule has 0 aliphatic carbocycles. The molecule has 3 rings (SSSR count). The molecule has 0 heterocycles. The van der Waals surface area contributed by atoms with Crippen LogP contribution in [0.2, 0.25) is 0 Å². The van der Waals surface area contributed by atoms with Gasteiger partial charge in [-0.2, -0.15) is 6.57 Å². The molecule has 0 fully saturated rings. The quantitative estimate of drug-likeness (QED) is 0.133. The van der Waals surface area contributed by atoms with E-state index in [1.165, 1.54) is 0 Å². The van der Waals surface area contributed by atoms with Gasteiger partial charge in [-0.25, -0.2) is 4.79 Å². The van der Waals surface area contributed by atoms with E-state index in [-0.39, 0.29) is 32.5 Å². The summed E-state index contributed by atoms with van der Waals surface area (Å²) in [6.07, 6.45) is -5.07. The van der Waals surface area contributed by atoms with Gasteiger partial charge in [0.05, 0.1) is 0 Å². The van der Waals surface area contributed by atoms with Crippen molar-refractivity contribution in [3.8, 4) is 0 Å². The first kappa shape index (κ1) is 44.7. The number of rotatable bonds is 6. The van der Waals surface area contributed by atoms with Gasteiger partial charge in [-0.15, -0.1) is 4.95 Å². The van der Waals surface area contributed by atoms with Gasteiger partial charge in [0.25, 0.3) is 0 Å². The Balaban J connectivity index is 2.39. The standard InChI is InChI=1S/C47H69N3O4/c1-42(2,3)32-20-29(21-33(26-32)43(4,5)6)38(51)49(39(52)30-22-34(44(7,8)9)27-35(23-30)45(10,11)12)41(54)50(48-19)40(53)31-24-36(46(13,14)15)28-37(25-31)47(16,17)18/h20-28,38-40,51-53H,1-18H3. The molecule has 0 saturated heterocycles. The number of carbonyl (C=O) groups excluding carboxylic acids is 1. The van der Waals surface area contributed by atoms with Gasteiger partial charge in [-0.3, -0.25) is 4.90 Å². The summed E-state index contributed by atoms with van der Waals surface area (Å²) in [7, 11) is 0. The van der Waals surface area contributed by atoms with Crippen LogP contribution in [0.25, 0.3) is 4.95 Å². The number of aliphatic hydroxyl groups excluding tert-OH is 3. The van der Waals surface area contributed by atoms with E-state index < -0.39 is 24.7 Å². The fraction of sp³-hybridized carbons (Fsp3) is 0.574. The first-order valence-electron chi connectivity index (χ1n) is 19.2. The van der Waals surface area contributed by atoms with Crippen LogP contribution in [0.5, 0.6) is 0 Å². The van der Waals surface area contributed by atoms with Crippen LogP contribution in [-0.2, 0) is 32.5 Å². The molecular weight excluding hydrogens is 671 g/mol. The second kappa shape index (κ2) is 15.1. The van der Waals surface area contributed by atoms with Crippen molar-refractivity contribution in [2.45, 2.75) is 176 Å². The van der Waals surface area contributed by atoms with Crippen molar-refractivity contribution in [3.05, 3.63) is 116 Å². The van der Waals surface area contributed by atoms with Crippen molar-refractivity contribution in [1.29, 1.82) is 0 Å². The van der Waals surface area contributed by atoms with E-state index in [4.69, 9.17) is 6.57 Å². The lowest BCUT2D eigenvalue weighted by atomic mass is 9.79. The highest BCUT2D eigenvalue weighted by Crippen LogP contribution is 2.40. The zero-order chi connectivity index (χ0) is 41.7.